The summed E-state index contributed by atoms with van der Waals surface area (Å²) in [7, 11) is 0. The van der Waals surface area contributed by atoms with E-state index in [2.05, 4.69) is 9.47 Å². The molecule has 1 heterocycles. The maximum Gasteiger partial charge on any atom is 0.397 e. The second-order valence-corrected chi connectivity index (χ2v) is 2.70. The van der Waals surface area contributed by atoms with Gasteiger partial charge in [-0.2, -0.15) is 22.0 Å². The Kier molecular flexibility index (Phi) is 2.76. The first-order valence-corrected chi connectivity index (χ1v) is 3.49. The van der Waals surface area contributed by atoms with Gasteiger partial charge in [-0.1, -0.05) is 0 Å². The molecule has 1 aliphatic rings. The van der Waals surface area contributed by atoms with Crippen molar-refractivity contribution in [3.05, 3.63) is 0 Å². The summed E-state index contributed by atoms with van der Waals surface area (Å²) >= 11 is 0. The zero-order valence-corrected chi connectivity index (χ0v) is 6.40. The molecule has 1 unspecified atom stereocenters. The lowest BCUT2D eigenvalue weighted by atomic mass is 10.4. The van der Waals surface area contributed by atoms with E-state index in [1.807, 2.05) is 0 Å². The van der Waals surface area contributed by atoms with Crippen molar-refractivity contribution in [2.75, 3.05) is 13.2 Å². The summed E-state index contributed by atoms with van der Waals surface area (Å²) < 4.78 is 67.4. The third kappa shape index (κ3) is 4.99. The molecule has 78 valence electrons. The first-order valence-electron chi connectivity index (χ1n) is 3.49. The van der Waals surface area contributed by atoms with Crippen LogP contribution < -0.4 is 0 Å². The number of halogens is 5. The molecule has 1 atom stereocenters. The Morgan fingerprint density at radius 3 is 2.15 bits per heavy atom. The highest BCUT2D eigenvalue weighted by Crippen LogP contribution is 2.32. The Hall–Kier alpha value is -0.430. The fourth-order valence-corrected chi connectivity index (χ4v) is 0.664. The van der Waals surface area contributed by atoms with Crippen molar-refractivity contribution in [3.63, 3.8) is 0 Å². The molecule has 1 saturated heterocycles. The standard InChI is InChI=1S/C6H7F5O2/c7-5(8,9)3-6(10,11)13-2-4-1-12-4/h4H,1-3H2. The molecule has 0 amide bonds. The molecule has 0 aromatic rings. The van der Waals surface area contributed by atoms with Crippen LogP contribution in [0.2, 0.25) is 0 Å². The van der Waals surface area contributed by atoms with E-state index in [4.69, 9.17) is 0 Å². The minimum absolute atomic E-state index is 0.266. The molecule has 0 radical (unpaired) electrons. The number of hydrogen-bond donors (Lipinski definition) is 0. The summed E-state index contributed by atoms with van der Waals surface area (Å²) in [6.07, 6.45) is -11.8. The van der Waals surface area contributed by atoms with Gasteiger partial charge in [0.05, 0.1) is 13.2 Å². The molecular formula is C6H7F5O2. The van der Waals surface area contributed by atoms with Crippen molar-refractivity contribution < 1.29 is 31.4 Å². The fraction of sp³-hybridized carbons (Fsp3) is 1.00. The lowest BCUT2D eigenvalue weighted by Gasteiger charge is -2.17. The Balaban J connectivity index is 2.26. The van der Waals surface area contributed by atoms with Gasteiger partial charge in [-0.05, 0) is 0 Å². The molecule has 1 fully saturated rings. The number of hydrogen-bond acceptors (Lipinski definition) is 2. The van der Waals surface area contributed by atoms with Gasteiger partial charge in [-0.25, -0.2) is 0 Å². The molecule has 7 heteroatoms. The Morgan fingerprint density at radius 1 is 1.23 bits per heavy atom. The van der Waals surface area contributed by atoms with E-state index in [-0.39, 0.29) is 6.61 Å². The number of alkyl halides is 5. The lowest BCUT2D eigenvalue weighted by Crippen LogP contribution is -2.30. The molecule has 2 nitrogen and oxygen atoms in total. The van der Waals surface area contributed by atoms with Crippen LogP contribution >= 0.6 is 0 Å². The highest BCUT2D eigenvalue weighted by molar-refractivity contribution is 4.69. The van der Waals surface area contributed by atoms with Crippen LogP contribution in [0.15, 0.2) is 0 Å². The van der Waals surface area contributed by atoms with Gasteiger partial charge in [0.1, 0.15) is 12.5 Å². The summed E-state index contributed by atoms with van der Waals surface area (Å²) in [6, 6.07) is 0. The largest absolute Gasteiger partial charge is 0.397 e. The molecule has 0 saturated carbocycles. The monoisotopic (exact) mass is 206 g/mol. The van der Waals surface area contributed by atoms with Crippen molar-refractivity contribution in [3.8, 4) is 0 Å². The molecule has 0 aliphatic carbocycles. The SMILES string of the molecule is FC(F)(F)CC(F)(F)OCC1CO1. The van der Waals surface area contributed by atoms with Crippen molar-refractivity contribution >= 4 is 0 Å². The maximum absolute atomic E-state index is 12.3. The Bertz CT molecular complexity index is 174. The highest BCUT2D eigenvalue weighted by Gasteiger charge is 2.45. The molecule has 1 aliphatic heterocycles. The van der Waals surface area contributed by atoms with E-state index in [0.717, 1.165) is 0 Å². The third-order valence-corrected chi connectivity index (χ3v) is 1.29. The first-order chi connectivity index (χ1) is 5.79. The van der Waals surface area contributed by atoms with Crippen LogP contribution in [0.3, 0.4) is 0 Å². The minimum atomic E-state index is -4.92. The van der Waals surface area contributed by atoms with Crippen LogP contribution in [0.1, 0.15) is 6.42 Å². The molecule has 0 spiro atoms. The second kappa shape index (κ2) is 3.38. The van der Waals surface area contributed by atoms with E-state index in [1.54, 1.807) is 0 Å². The maximum atomic E-state index is 12.3. The van der Waals surface area contributed by atoms with Crippen LogP contribution in [-0.4, -0.2) is 31.6 Å². The van der Waals surface area contributed by atoms with Crippen LogP contribution in [0.4, 0.5) is 22.0 Å². The molecule has 1 rings (SSSR count). The molecule has 0 N–H and O–H groups in total. The van der Waals surface area contributed by atoms with E-state index in [0.29, 0.717) is 0 Å². The predicted molar refractivity (Wildman–Crippen MR) is 31.3 cm³/mol. The summed E-state index contributed by atoms with van der Waals surface area (Å²) in [5.74, 6) is 0. The molecular weight excluding hydrogens is 199 g/mol. The lowest BCUT2D eigenvalue weighted by molar-refractivity contribution is -0.293. The summed E-state index contributed by atoms with van der Waals surface area (Å²) in [5, 5.41) is 0. The number of ether oxygens (including phenoxy) is 2. The fourth-order valence-electron chi connectivity index (χ4n) is 0.664. The van der Waals surface area contributed by atoms with E-state index >= 15 is 0 Å². The van der Waals surface area contributed by atoms with Gasteiger partial charge < -0.3 is 9.47 Å². The van der Waals surface area contributed by atoms with Gasteiger partial charge >= 0.3 is 12.3 Å². The minimum Gasteiger partial charge on any atom is -0.371 e. The van der Waals surface area contributed by atoms with Gasteiger partial charge in [0, 0.05) is 0 Å². The summed E-state index contributed by atoms with van der Waals surface area (Å²) in [5.41, 5.74) is 0. The molecule has 13 heavy (non-hydrogen) atoms. The van der Waals surface area contributed by atoms with Crippen molar-refractivity contribution in [1.29, 1.82) is 0 Å². The molecule has 0 bridgehead atoms. The van der Waals surface area contributed by atoms with Crippen LogP contribution in [-0.2, 0) is 9.47 Å². The number of epoxide rings is 1. The predicted octanol–water partition coefficient (Wildman–Crippen LogP) is 1.95. The van der Waals surface area contributed by atoms with Crippen molar-refractivity contribution in [2.24, 2.45) is 0 Å². The number of rotatable bonds is 4. The Labute approximate surface area is 70.6 Å². The van der Waals surface area contributed by atoms with Crippen LogP contribution in [0.5, 0.6) is 0 Å². The van der Waals surface area contributed by atoms with E-state index < -0.39 is 31.4 Å². The molecule has 0 aromatic carbocycles. The zero-order chi connectivity index (χ0) is 10.1. The van der Waals surface area contributed by atoms with Crippen molar-refractivity contribution in [1.82, 2.24) is 0 Å². The first kappa shape index (κ1) is 10.6. The average Bonchev–Trinajstić information content (AvgIpc) is 2.59. The smallest absolute Gasteiger partial charge is 0.371 e. The average molecular weight is 206 g/mol. The summed E-state index contributed by atoms with van der Waals surface area (Å²) in [4.78, 5) is 0. The van der Waals surface area contributed by atoms with Gasteiger partial charge in [0.2, 0.25) is 0 Å². The van der Waals surface area contributed by atoms with E-state index in [9.17, 15) is 22.0 Å². The zero-order valence-electron chi connectivity index (χ0n) is 6.40. The van der Waals surface area contributed by atoms with Gasteiger partial charge in [0.25, 0.3) is 0 Å². The summed E-state index contributed by atoms with van der Waals surface area (Å²) in [6.45, 7) is -0.231. The van der Waals surface area contributed by atoms with Crippen LogP contribution in [0, 0.1) is 0 Å². The normalized spacial score (nSPS) is 23.3. The van der Waals surface area contributed by atoms with Crippen molar-refractivity contribution in [2.45, 2.75) is 24.8 Å². The van der Waals surface area contributed by atoms with E-state index in [1.165, 1.54) is 0 Å². The van der Waals surface area contributed by atoms with Gasteiger partial charge in [-0.15, -0.1) is 0 Å². The second-order valence-electron chi connectivity index (χ2n) is 2.70. The van der Waals surface area contributed by atoms with Gasteiger partial charge in [0.15, 0.2) is 0 Å². The van der Waals surface area contributed by atoms with Crippen LogP contribution in [0.25, 0.3) is 0 Å². The quantitative estimate of drug-likeness (QED) is 0.518. The molecule has 0 aromatic heterocycles. The highest BCUT2D eigenvalue weighted by atomic mass is 19.4. The third-order valence-electron chi connectivity index (χ3n) is 1.29. The topological polar surface area (TPSA) is 21.8 Å². The Morgan fingerprint density at radius 2 is 1.77 bits per heavy atom. The van der Waals surface area contributed by atoms with Gasteiger partial charge in [-0.3, -0.25) is 0 Å².